The number of piperidine rings is 1. The summed E-state index contributed by atoms with van der Waals surface area (Å²) < 4.78 is 16.5. The summed E-state index contributed by atoms with van der Waals surface area (Å²) in [7, 11) is 1.59. The van der Waals surface area contributed by atoms with Crippen LogP contribution in [0.5, 0.6) is 5.75 Å². The molecule has 5 rings (SSSR count). The molecular weight excluding hydrogens is 394 g/mol. The van der Waals surface area contributed by atoms with Crippen molar-refractivity contribution in [2.75, 3.05) is 20.2 Å². The molecule has 1 saturated heterocycles. The number of benzene rings is 2. The standard InChI is InChI=1S/C24H23N3O4/c1-15-3-5-16(6-4-15)22-25-23(31-26-22)17-7-10-27(11-8-17)24(28)18-13-20(29-2)19-9-12-30-21(19)14-18/h3-6,9,12-14,17H,7-8,10-11H2,1-2H3. The molecule has 0 unspecified atom stereocenters. The number of aromatic nitrogens is 2. The van der Waals surface area contributed by atoms with E-state index in [2.05, 4.69) is 10.1 Å². The highest BCUT2D eigenvalue weighted by Gasteiger charge is 2.28. The van der Waals surface area contributed by atoms with E-state index in [1.807, 2.05) is 42.2 Å². The first kappa shape index (κ1) is 19.4. The van der Waals surface area contributed by atoms with Crippen LogP contribution in [0.1, 0.15) is 40.6 Å². The SMILES string of the molecule is COc1cc(C(=O)N2CCC(c3nc(-c4ccc(C)cc4)no3)CC2)cc2occc12. The van der Waals surface area contributed by atoms with Crippen molar-refractivity contribution in [3.05, 3.63) is 65.7 Å². The van der Waals surface area contributed by atoms with E-state index in [1.165, 1.54) is 5.56 Å². The van der Waals surface area contributed by atoms with E-state index in [0.29, 0.717) is 41.7 Å². The summed E-state index contributed by atoms with van der Waals surface area (Å²) in [4.78, 5) is 19.5. The maximum atomic E-state index is 13.1. The molecule has 7 heteroatoms. The van der Waals surface area contributed by atoms with Gasteiger partial charge in [0.2, 0.25) is 11.7 Å². The van der Waals surface area contributed by atoms with Gasteiger partial charge in [0, 0.05) is 30.1 Å². The number of carbonyl (C=O) groups excluding carboxylic acids is 1. The van der Waals surface area contributed by atoms with Crippen molar-refractivity contribution >= 4 is 16.9 Å². The number of methoxy groups -OCH3 is 1. The Morgan fingerprint density at radius 2 is 1.90 bits per heavy atom. The van der Waals surface area contributed by atoms with Crippen LogP contribution >= 0.6 is 0 Å². The lowest BCUT2D eigenvalue weighted by molar-refractivity contribution is 0.0704. The van der Waals surface area contributed by atoms with Crippen molar-refractivity contribution in [1.29, 1.82) is 0 Å². The van der Waals surface area contributed by atoms with Crippen molar-refractivity contribution < 1.29 is 18.5 Å². The summed E-state index contributed by atoms with van der Waals surface area (Å²) in [6.45, 7) is 3.30. The summed E-state index contributed by atoms with van der Waals surface area (Å²) in [6, 6.07) is 13.4. The number of rotatable bonds is 4. The fourth-order valence-corrected chi connectivity index (χ4v) is 4.06. The van der Waals surface area contributed by atoms with E-state index in [9.17, 15) is 4.79 Å². The molecule has 1 aliphatic heterocycles. The Hall–Kier alpha value is -3.61. The molecule has 0 spiro atoms. The first-order valence-electron chi connectivity index (χ1n) is 10.4. The molecule has 1 fully saturated rings. The van der Waals surface area contributed by atoms with Crippen molar-refractivity contribution in [2.45, 2.75) is 25.7 Å². The van der Waals surface area contributed by atoms with Gasteiger partial charge in [0.25, 0.3) is 5.91 Å². The Kier molecular flexibility index (Phi) is 4.94. The van der Waals surface area contributed by atoms with Gasteiger partial charge >= 0.3 is 0 Å². The second kappa shape index (κ2) is 7.91. The average Bonchev–Trinajstić information content (AvgIpc) is 3.48. The number of fused-ring (bicyclic) bond motifs is 1. The molecular formula is C24H23N3O4. The Morgan fingerprint density at radius 3 is 2.65 bits per heavy atom. The zero-order valence-electron chi connectivity index (χ0n) is 17.5. The molecule has 2 aromatic carbocycles. The predicted octanol–water partition coefficient (Wildman–Crippen LogP) is 4.82. The predicted molar refractivity (Wildman–Crippen MR) is 115 cm³/mol. The van der Waals surface area contributed by atoms with Crippen molar-refractivity contribution in [2.24, 2.45) is 0 Å². The summed E-state index contributed by atoms with van der Waals surface area (Å²) in [5.74, 6) is 2.01. The Labute approximate surface area is 179 Å². The van der Waals surface area contributed by atoms with Gasteiger partial charge in [-0.1, -0.05) is 35.0 Å². The zero-order chi connectivity index (χ0) is 21.4. The van der Waals surface area contributed by atoms with E-state index < -0.39 is 0 Å². The van der Waals surface area contributed by atoms with E-state index in [1.54, 1.807) is 25.5 Å². The van der Waals surface area contributed by atoms with Crippen molar-refractivity contribution in [3.63, 3.8) is 0 Å². The molecule has 0 N–H and O–H groups in total. The largest absolute Gasteiger partial charge is 0.496 e. The minimum Gasteiger partial charge on any atom is -0.496 e. The number of carbonyl (C=O) groups is 1. The maximum Gasteiger partial charge on any atom is 0.254 e. The molecule has 3 heterocycles. The smallest absolute Gasteiger partial charge is 0.254 e. The summed E-state index contributed by atoms with van der Waals surface area (Å²) in [5.41, 5.74) is 3.34. The third-order valence-electron chi connectivity index (χ3n) is 5.88. The van der Waals surface area contributed by atoms with Gasteiger partial charge in [-0.3, -0.25) is 4.79 Å². The van der Waals surface area contributed by atoms with Crippen LogP contribution in [0.4, 0.5) is 0 Å². The van der Waals surface area contributed by atoms with Gasteiger partial charge in [-0.15, -0.1) is 0 Å². The number of ether oxygens (including phenoxy) is 1. The highest BCUT2D eigenvalue weighted by Crippen LogP contribution is 2.32. The van der Waals surface area contributed by atoms with Crippen LogP contribution in [0.3, 0.4) is 0 Å². The lowest BCUT2D eigenvalue weighted by Gasteiger charge is -2.30. The molecule has 7 nitrogen and oxygen atoms in total. The molecule has 0 aliphatic carbocycles. The van der Waals surface area contributed by atoms with E-state index in [0.717, 1.165) is 23.8 Å². The van der Waals surface area contributed by atoms with Crippen LogP contribution in [0.25, 0.3) is 22.4 Å². The third kappa shape index (κ3) is 3.67. The first-order chi connectivity index (χ1) is 15.1. The van der Waals surface area contributed by atoms with E-state index in [-0.39, 0.29) is 11.8 Å². The summed E-state index contributed by atoms with van der Waals surface area (Å²) in [6.07, 6.45) is 3.16. The van der Waals surface area contributed by atoms with Crippen molar-refractivity contribution in [1.82, 2.24) is 15.0 Å². The van der Waals surface area contributed by atoms with E-state index in [4.69, 9.17) is 13.7 Å². The zero-order valence-corrected chi connectivity index (χ0v) is 17.5. The van der Waals surface area contributed by atoms with Crippen LogP contribution in [0.2, 0.25) is 0 Å². The number of amides is 1. The number of hydrogen-bond donors (Lipinski definition) is 0. The normalized spacial score (nSPS) is 14.8. The van der Waals surface area contributed by atoms with Gasteiger partial charge < -0.3 is 18.6 Å². The third-order valence-corrected chi connectivity index (χ3v) is 5.88. The molecule has 1 aliphatic rings. The monoisotopic (exact) mass is 417 g/mol. The minimum absolute atomic E-state index is 0.0269. The van der Waals surface area contributed by atoms with Gasteiger partial charge in [-0.2, -0.15) is 4.98 Å². The first-order valence-corrected chi connectivity index (χ1v) is 10.4. The van der Waals surface area contributed by atoms with Crippen LogP contribution in [0.15, 0.2) is 57.7 Å². The average molecular weight is 417 g/mol. The topological polar surface area (TPSA) is 81.6 Å². The molecule has 158 valence electrons. The molecule has 1 amide bonds. The molecule has 2 aromatic heterocycles. The molecule has 31 heavy (non-hydrogen) atoms. The summed E-state index contributed by atoms with van der Waals surface area (Å²) >= 11 is 0. The lowest BCUT2D eigenvalue weighted by atomic mass is 9.96. The number of likely N-dealkylation sites (tertiary alicyclic amines) is 1. The van der Waals surface area contributed by atoms with Crippen LogP contribution in [0, 0.1) is 6.92 Å². The molecule has 0 saturated carbocycles. The minimum atomic E-state index is -0.0269. The highest BCUT2D eigenvalue weighted by atomic mass is 16.5. The second-order valence-electron chi connectivity index (χ2n) is 7.90. The van der Waals surface area contributed by atoms with Gasteiger partial charge in [0.05, 0.1) is 18.8 Å². The van der Waals surface area contributed by atoms with Gasteiger partial charge in [-0.05, 0) is 38.0 Å². The van der Waals surface area contributed by atoms with Gasteiger partial charge in [0.15, 0.2) is 0 Å². The number of nitrogens with zero attached hydrogens (tertiary/aromatic N) is 3. The molecule has 0 bridgehead atoms. The lowest BCUT2D eigenvalue weighted by Crippen LogP contribution is -2.38. The van der Waals surface area contributed by atoms with Gasteiger partial charge in [-0.25, -0.2) is 0 Å². The maximum absolute atomic E-state index is 13.1. The van der Waals surface area contributed by atoms with Crippen LogP contribution in [-0.4, -0.2) is 41.1 Å². The van der Waals surface area contributed by atoms with E-state index >= 15 is 0 Å². The number of aryl methyl sites for hydroxylation is 1. The number of hydrogen-bond acceptors (Lipinski definition) is 6. The summed E-state index contributed by atoms with van der Waals surface area (Å²) in [5, 5.41) is 5.00. The Balaban J connectivity index is 1.27. The second-order valence-corrected chi connectivity index (χ2v) is 7.90. The molecule has 0 atom stereocenters. The quantitative estimate of drug-likeness (QED) is 0.474. The van der Waals surface area contributed by atoms with Gasteiger partial charge in [0.1, 0.15) is 11.3 Å². The Bertz CT molecular complexity index is 1220. The fourth-order valence-electron chi connectivity index (χ4n) is 4.06. The molecule has 0 radical (unpaired) electrons. The van der Waals surface area contributed by atoms with Crippen LogP contribution in [-0.2, 0) is 0 Å². The number of furan rings is 1. The highest BCUT2D eigenvalue weighted by molar-refractivity contribution is 5.99. The molecule has 4 aromatic rings. The van der Waals surface area contributed by atoms with Crippen molar-refractivity contribution in [3.8, 4) is 17.1 Å². The fraction of sp³-hybridized carbons (Fsp3) is 0.292. The Morgan fingerprint density at radius 1 is 1.13 bits per heavy atom. The van der Waals surface area contributed by atoms with Crippen LogP contribution < -0.4 is 4.74 Å².